The second-order valence-electron chi connectivity index (χ2n) is 18.4. The molecule has 3 heteroatoms. The maximum absolute atomic E-state index is 10.6. The molecule has 1 aromatic heterocycles. The minimum Gasteiger partial charge on any atom is -0.393 e. The van der Waals surface area contributed by atoms with Crippen molar-refractivity contribution in [1.29, 1.82) is 0 Å². The van der Waals surface area contributed by atoms with E-state index in [0.717, 1.165) is 68.1 Å². The summed E-state index contributed by atoms with van der Waals surface area (Å²) in [4.78, 5) is 4.71. The van der Waals surface area contributed by atoms with Crippen LogP contribution in [0.1, 0.15) is 123 Å². The average molecular weight is 620 g/mol. The Morgan fingerprint density at radius 3 is 1.83 bits per heavy atom. The third-order valence-corrected chi connectivity index (χ3v) is 16.7. The van der Waals surface area contributed by atoms with E-state index in [-0.39, 0.29) is 33.9 Å². The predicted molar refractivity (Wildman–Crippen MR) is 185 cm³/mol. The Bertz CT molecular complexity index is 1550. The summed E-state index contributed by atoms with van der Waals surface area (Å²) in [7, 11) is 0. The molecule has 0 aliphatic heterocycles. The molecule has 246 valence electrons. The van der Waals surface area contributed by atoms with Crippen molar-refractivity contribution in [2.24, 2.45) is 57.2 Å². The van der Waals surface area contributed by atoms with Gasteiger partial charge in [-0.2, -0.15) is 0 Å². The van der Waals surface area contributed by atoms with Crippen molar-refractivity contribution in [3.05, 3.63) is 70.6 Å². The molecule has 46 heavy (non-hydrogen) atoms. The third-order valence-electron chi connectivity index (χ3n) is 16.7. The molecule has 0 spiro atoms. The monoisotopic (exact) mass is 619 g/mol. The van der Waals surface area contributed by atoms with Gasteiger partial charge in [0.25, 0.3) is 0 Å². The van der Waals surface area contributed by atoms with Gasteiger partial charge in [0.2, 0.25) is 0 Å². The van der Waals surface area contributed by atoms with E-state index in [9.17, 15) is 10.2 Å². The number of hydrogen-bond donors (Lipinski definition) is 2. The van der Waals surface area contributed by atoms with Gasteiger partial charge in [-0.1, -0.05) is 63.1 Å². The molecule has 0 bridgehead atoms. The zero-order valence-electron chi connectivity index (χ0n) is 28.9. The molecule has 1 aromatic rings. The lowest BCUT2D eigenvalue weighted by Gasteiger charge is -2.58. The van der Waals surface area contributed by atoms with Crippen LogP contribution in [0.2, 0.25) is 0 Å². The van der Waals surface area contributed by atoms with Crippen molar-refractivity contribution in [3.63, 3.8) is 0 Å². The Hall–Kier alpha value is -1.97. The quantitative estimate of drug-likeness (QED) is 0.324. The van der Waals surface area contributed by atoms with E-state index in [4.69, 9.17) is 4.98 Å². The van der Waals surface area contributed by atoms with Gasteiger partial charge in [-0.3, -0.25) is 4.98 Å². The van der Waals surface area contributed by atoms with Crippen molar-refractivity contribution < 1.29 is 10.2 Å². The second-order valence-corrected chi connectivity index (χ2v) is 18.4. The Balaban J connectivity index is 1.09. The zero-order chi connectivity index (χ0) is 31.6. The van der Waals surface area contributed by atoms with E-state index in [1.165, 1.54) is 56.9 Å². The number of aliphatic hydroxyl groups is 2. The minimum absolute atomic E-state index is 0.132. The Labute approximate surface area is 277 Å². The van der Waals surface area contributed by atoms with Crippen LogP contribution >= 0.6 is 0 Å². The van der Waals surface area contributed by atoms with E-state index in [1.807, 2.05) is 6.20 Å². The number of aromatic nitrogens is 1. The number of pyridine rings is 1. The van der Waals surface area contributed by atoms with Crippen molar-refractivity contribution in [2.75, 3.05) is 0 Å². The smallest absolute Gasteiger partial charge is 0.0577 e. The number of aliphatic hydroxyl groups excluding tert-OH is 2. The van der Waals surface area contributed by atoms with Crippen molar-refractivity contribution in [3.8, 4) is 0 Å². The summed E-state index contributed by atoms with van der Waals surface area (Å²) in [6, 6.07) is 4.53. The summed E-state index contributed by atoms with van der Waals surface area (Å²) in [5.74, 6) is 4.37. The van der Waals surface area contributed by atoms with Crippen LogP contribution in [0.4, 0.5) is 0 Å². The minimum atomic E-state index is -0.140. The Morgan fingerprint density at radius 2 is 1.22 bits per heavy atom. The first-order chi connectivity index (χ1) is 22.1. The molecule has 2 N–H and O–H groups in total. The standard InChI is InChI=1S/C43H57NO2/c1-40-17-13-29(45)22-27(40)7-9-31-34-11-12-35(42(34,3)19-15-36(31)40)33-24-38-32-10-8-28-23-30(46)14-18-41(28,2)37(32)16-20-43(38,4)39(33)26-6-5-21-44-25-26/h5-8,12,21,25,29-32,34,36-38,45-46H,9-11,13-20,22-24H2,1-4H3/t29-,30-,31-,32+,34-,36-,37-,38-,40-,41-,42-,43-/m0/s1. The summed E-state index contributed by atoms with van der Waals surface area (Å²) >= 11 is 0. The summed E-state index contributed by atoms with van der Waals surface area (Å²) in [5, 5.41) is 21.1. The molecule has 0 amide bonds. The molecule has 12 atom stereocenters. The highest BCUT2D eigenvalue weighted by molar-refractivity contribution is 5.80. The highest BCUT2D eigenvalue weighted by Gasteiger charge is 2.61. The molecule has 1 heterocycles. The van der Waals surface area contributed by atoms with E-state index in [0.29, 0.717) is 5.92 Å². The topological polar surface area (TPSA) is 53.4 Å². The van der Waals surface area contributed by atoms with Gasteiger partial charge in [0.1, 0.15) is 0 Å². The Morgan fingerprint density at radius 1 is 0.630 bits per heavy atom. The molecule has 0 saturated heterocycles. The maximum atomic E-state index is 10.6. The van der Waals surface area contributed by atoms with Gasteiger partial charge < -0.3 is 10.2 Å². The number of hydrogen-bond acceptors (Lipinski definition) is 3. The van der Waals surface area contributed by atoms with Gasteiger partial charge in [0, 0.05) is 12.4 Å². The lowest BCUT2D eigenvalue weighted by Crippen LogP contribution is -2.50. The molecular weight excluding hydrogens is 562 g/mol. The van der Waals surface area contributed by atoms with Gasteiger partial charge in [-0.25, -0.2) is 0 Å². The van der Waals surface area contributed by atoms with Crippen LogP contribution in [-0.2, 0) is 0 Å². The average Bonchev–Trinajstić information content (AvgIpc) is 3.55. The highest BCUT2D eigenvalue weighted by Crippen LogP contribution is 2.72. The molecule has 4 saturated carbocycles. The molecule has 0 aromatic carbocycles. The first-order valence-corrected chi connectivity index (χ1v) is 19.2. The summed E-state index contributed by atoms with van der Waals surface area (Å²) < 4.78 is 0. The molecule has 8 aliphatic carbocycles. The van der Waals surface area contributed by atoms with Crippen molar-refractivity contribution >= 4 is 5.57 Å². The van der Waals surface area contributed by atoms with Crippen LogP contribution in [-0.4, -0.2) is 27.4 Å². The van der Waals surface area contributed by atoms with Gasteiger partial charge in [0.05, 0.1) is 12.2 Å². The SMILES string of the molecule is C[C@]12CC[C@H](O)CC1=CC[C@@H]1[C@@H]2CC[C@]2(C)C(C3=C(c4cccnc4)[C@@]4(C)CC[C@H]5[C@@H](CC=C6C[C@@H](O)CC[C@@]65C)[C@@H]4C3)=CC[C@@H]12. The van der Waals surface area contributed by atoms with Crippen molar-refractivity contribution in [2.45, 2.75) is 130 Å². The van der Waals surface area contributed by atoms with Crippen LogP contribution in [0.5, 0.6) is 0 Å². The largest absolute Gasteiger partial charge is 0.393 e. The first kappa shape index (κ1) is 30.1. The van der Waals surface area contributed by atoms with Crippen molar-refractivity contribution in [1.82, 2.24) is 4.98 Å². The van der Waals surface area contributed by atoms with Crippen LogP contribution < -0.4 is 0 Å². The number of allylic oxidation sites excluding steroid dienone is 6. The van der Waals surface area contributed by atoms with Crippen LogP contribution in [0, 0.1) is 57.2 Å². The van der Waals surface area contributed by atoms with E-state index in [1.54, 1.807) is 27.9 Å². The van der Waals surface area contributed by atoms with Gasteiger partial charge in [-0.15, -0.1) is 0 Å². The molecule has 9 rings (SSSR count). The maximum Gasteiger partial charge on any atom is 0.0577 e. The summed E-state index contributed by atoms with van der Waals surface area (Å²) in [6.45, 7) is 10.4. The molecule has 3 nitrogen and oxygen atoms in total. The van der Waals surface area contributed by atoms with Crippen LogP contribution in [0.25, 0.3) is 5.57 Å². The van der Waals surface area contributed by atoms with Gasteiger partial charge in [0.15, 0.2) is 0 Å². The van der Waals surface area contributed by atoms with Gasteiger partial charge in [-0.05, 0) is 175 Å². The molecule has 8 aliphatic rings. The number of nitrogens with zero attached hydrogens (tertiary/aromatic N) is 1. The third kappa shape index (κ3) is 4.00. The fraction of sp³-hybridized carbons (Fsp3) is 0.698. The fourth-order valence-electron chi connectivity index (χ4n) is 14.3. The number of fused-ring (bicyclic) bond motifs is 10. The van der Waals surface area contributed by atoms with E-state index >= 15 is 0 Å². The molecular formula is C43H57NO2. The lowest BCUT2D eigenvalue weighted by atomic mass is 9.47. The highest BCUT2D eigenvalue weighted by atomic mass is 16.3. The number of rotatable bonds is 2. The lowest BCUT2D eigenvalue weighted by molar-refractivity contribution is -0.0297. The summed E-state index contributed by atoms with van der Waals surface area (Å²) in [5.41, 5.74) is 10.6. The first-order valence-electron chi connectivity index (χ1n) is 19.2. The Kier molecular flexibility index (Phi) is 6.72. The van der Waals surface area contributed by atoms with Crippen LogP contribution in [0.3, 0.4) is 0 Å². The zero-order valence-corrected chi connectivity index (χ0v) is 28.9. The second kappa shape index (κ2) is 10.3. The van der Waals surface area contributed by atoms with Gasteiger partial charge >= 0.3 is 0 Å². The molecule has 0 unspecified atom stereocenters. The van der Waals surface area contributed by atoms with E-state index < -0.39 is 0 Å². The normalized spacial score (nSPS) is 49.4. The van der Waals surface area contributed by atoms with Crippen LogP contribution in [0.15, 0.2) is 65.0 Å². The molecule has 4 fully saturated rings. The predicted octanol–water partition coefficient (Wildman–Crippen LogP) is 9.63. The van der Waals surface area contributed by atoms with E-state index in [2.05, 4.69) is 64.3 Å². The summed E-state index contributed by atoms with van der Waals surface area (Å²) in [6.07, 6.45) is 27.9. The molecule has 0 radical (unpaired) electrons. The fourth-order valence-corrected chi connectivity index (χ4v) is 14.3.